The molecule has 0 radical (unpaired) electrons. The molecule has 1 aliphatic rings. The maximum atomic E-state index is 12.8. The first-order valence-electron chi connectivity index (χ1n) is 7.16. The van der Waals surface area contributed by atoms with E-state index in [1.54, 1.807) is 17.1 Å². The molecule has 0 saturated carbocycles. The molecule has 112 valence electrons. The van der Waals surface area contributed by atoms with Crippen LogP contribution in [-0.2, 0) is 11.8 Å². The minimum atomic E-state index is -0.305. The number of rotatable bonds is 3. The van der Waals surface area contributed by atoms with Crippen LogP contribution >= 0.6 is 0 Å². The van der Waals surface area contributed by atoms with E-state index in [-0.39, 0.29) is 18.0 Å². The number of nitrogens with zero attached hydrogens (tertiary/aromatic N) is 5. The highest BCUT2D eigenvalue weighted by Gasteiger charge is 2.33. The maximum Gasteiger partial charge on any atom is 0.247 e. The summed E-state index contributed by atoms with van der Waals surface area (Å²) >= 11 is 0. The third kappa shape index (κ3) is 2.56. The summed E-state index contributed by atoms with van der Waals surface area (Å²) < 4.78 is 3.66. The summed E-state index contributed by atoms with van der Waals surface area (Å²) in [6.07, 6.45) is 7.19. The fourth-order valence-electron chi connectivity index (χ4n) is 2.76. The van der Waals surface area contributed by atoms with Gasteiger partial charge in [-0.2, -0.15) is 5.10 Å². The second-order valence-electron chi connectivity index (χ2n) is 5.31. The van der Waals surface area contributed by atoms with Crippen LogP contribution in [0.3, 0.4) is 0 Å². The number of hydrogen-bond acceptors (Lipinski definition) is 4. The Hall–Kier alpha value is -2.15. The summed E-state index contributed by atoms with van der Waals surface area (Å²) in [5, 5.41) is 7.51. The first-order chi connectivity index (χ1) is 10.2. The summed E-state index contributed by atoms with van der Waals surface area (Å²) in [4.78, 5) is 19.1. The zero-order chi connectivity index (χ0) is 14.8. The Morgan fingerprint density at radius 3 is 2.95 bits per heavy atom. The molecule has 0 spiro atoms. The van der Waals surface area contributed by atoms with Crippen molar-refractivity contribution in [3.8, 4) is 0 Å². The third-order valence-corrected chi connectivity index (χ3v) is 3.96. The van der Waals surface area contributed by atoms with E-state index in [0.717, 1.165) is 18.9 Å². The lowest BCUT2D eigenvalue weighted by Crippen LogP contribution is -2.51. The number of piperazine rings is 1. The van der Waals surface area contributed by atoms with Gasteiger partial charge in [-0.1, -0.05) is 0 Å². The van der Waals surface area contributed by atoms with Crippen LogP contribution in [0.25, 0.3) is 0 Å². The Kier molecular flexibility index (Phi) is 3.74. The first-order valence-corrected chi connectivity index (χ1v) is 7.16. The molecular weight excluding hydrogens is 268 g/mol. The van der Waals surface area contributed by atoms with Crippen LogP contribution in [0, 0.1) is 0 Å². The number of hydrogen-bond donors (Lipinski definition) is 1. The van der Waals surface area contributed by atoms with Gasteiger partial charge in [0.1, 0.15) is 17.9 Å². The van der Waals surface area contributed by atoms with Gasteiger partial charge in [-0.25, -0.2) is 4.98 Å². The van der Waals surface area contributed by atoms with Crippen molar-refractivity contribution in [2.24, 2.45) is 7.05 Å². The smallest absolute Gasteiger partial charge is 0.247 e. The van der Waals surface area contributed by atoms with Crippen molar-refractivity contribution in [3.05, 3.63) is 36.7 Å². The third-order valence-electron chi connectivity index (χ3n) is 3.96. The Labute approximate surface area is 123 Å². The predicted octanol–water partition coefficient (Wildman–Crippen LogP) is 0.351. The Balaban J connectivity index is 1.84. The average molecular weight is 288 g/mol. The average Bonchev–Trinajstić information content (AvgIpc) is 3.17. The van der Waals surface area contributed by atoms with E-state index in [1.807, 2.05) is 41.9 Å². The SMILES string of the molecule is CC(C(=O)N1CCNCC1c1nccn1C)n1cccn1. The van der Waals surface area contributed by atoms with Gasteiger partial charge in [0.25, 0.3) is 0 Å². The highest BCUT2D eigenvalue weighted by molar-refractivity contribution is 5.80. The monoisotopic (exact) mass is 288 g/mol. The molecule has 7 nitrogen and oxygen atoms in total. The molecule has 2 atom stereocenters. The molecule has 1 N–H and O–H groups in total. The number of amides is 1. The normalized spacial score (nSPS) is 20.5. The maximum absolute atomic E-state index is 12.8. The molecule has 0 bridgehead atoms. The van der Waals surface area contributed by atoms with Crippen LogP contribution in [0.2, 0.25) is 0 Å². The van der Waals surface area contributed by atoms with E-state index in [0.29, 0.717) is 6.54 Å². The number of carbonyl (C=O) groups is 1. The quantitative estimate of drug-likeness (QED) is 0.885. The predicted molar refractivity (Wildman–Crippen MR) is 77.5 cm³/mol. The van der Waals surface area contributed by atoms with Crippen molar-refractivity contribution in [1.82, 2.24) is 29.5 Å². The van der Waals surface area contributed by atoms with Crippen molar-refractivity contribution in [2.75, 3.05) is 19.6 Å². The van der Waals surface area contributed by atoms with Crippen molar-refractivity contribution in [2.45, 2.75) is 19.0 Å². The van der Waals surface area contributed by atoms with E-state index in [9.17, 15) is 4.79 Å². The topological polar surface area (TPSA) is 68.0 Å². The molecule has 1 saturated heterocycles. The van der Waals surface area contributed by atoms with E-state index >= 15 is 0 Å². The summed E-state index contributed by atoms with van der Waals surface area (Å²) in [6, 6.07) is 1.49. The highest BCUT2D eigenvalue weighted by atomic mass is 16.2. The molecule has 0 aliphatic carbocycles. The van der Waals surface area contributed by atoms with Gasteiger partial charge in [0.15, 0.2) is 0 Å². The summed E-state index contributed by atoms with van der Waals surface area (Å²) in [5.41, 5.74) is 0. The Morgan fingerprint density at radius 2 is 2.29 bits per heavy atom. The molecule has 2 aromatic rings. The molecule has 1 fully saturated rings. The molecule has 3 heterocycles. The van der Waals surface area contributed by atoms with Crippen LogP contribution < -0.4 is 5.32 Å². The molecule has 2 unspecified atom stereocenters. The van der Waals surface area contributed by atoms with Gasteiger partial charge in [0.2, 0.25) is 5.91 Å². The Bertz CT molecular complexity index is 605. The van der Waals surface area contributed by atoms with Crippen LogP contribution in [0.5, 0.6) is 0 Å². The van der Waals surface area contributed by atoms with Gasteiger partial charge in [-0.3, -0.25) is 9.48 Å². The molecule has 21 heavy (non-hydrogen) atoms. The molecular formula is C14H20N6O. The minimum Gasteiger partial charge on any atom is -0.336 e. The van der Waals surface area contributed by atoms with Gasteiger partial charge in [0.05, 0.1) is 0 Å². The lowest BCUT2D eigenvalue weighted by atomic mass is 10.1. The minimum absolute atomic E-state index is 0.0377. The van der Waals surface area contributed by atoms with Crippen LogP contribution in [0.1, 0.15) is 24.8 Å². The lowest BCUT2D eigenvalue weighted by Gasteiger charge is -2.37. The molecule has 2 aromatic heterocycles. The number of aromatic nitrogens is 4. The summed E-state index contributed by atoms with van der Waals surface area (Å²) in [5.74, 6) is 0.983. The molecule has 1 amide bonds. The molecule has 3 rings (SSSR count). The van der Waals surface area contributed by atoms with Crippen LogP contribution in [-0.4, -0.2) is 49.8 Å². The van der Waals surface area contributed by atoms with Gasteiger partial charge in [-0.05, 0) is 13.0 Å². The number of aryl methyl sites for hydroxylation is 1. The first kappa shape index (κ1) is 13.8. The van der Waals surface area contributed by atoms with Crippen LogP contribution in [0.4, 0.5) is 0 Å². The van der Waals surface area contributed by atoms with Crippen molar-refractivity contribution in [1.29, 1.82) is 0 Å². The number of carbonyl (C=O) groups excluding carboxylic acids is 1. The number of nitrogens with one attached hydrogen (secondary N) is 1. The van der Waals surface area contributed by atoms with E-state index < -0.39 is 0 Å². The second kappa shape index (κ2) is 5.69. The highest BCUT2D eigenvalue weighted by Crippen LogP contribution is 2.23. The van der Waals surface area contributed by atoms with Gasteiger partial charge < -0.3 is 14.8 Å². The van der Waals surface area contributed by atoms with Crippen molar-refractivity contribution >= 4 is 5.91 Å². The van der Waals surface area contributed by atoms with Crippen molar-refractivity contribution in [3.63, 3.8) is 0 Å². The number of imidazole rings is 1. The van der Waals surface area contributed by atoms with Gasteiger partial charge in [0, 0.05) is 51.5 Å². The van der Waals surface area contributed by atoms with E-state index in [2.05, 4.69) is 15.4 Å². The molecule has 7 heteroatoms. The van der Waals surface area contributed by atoms with Gasteiger partial charge >= 0.3 is 0 Å². The fourth-order valence-corrected chi connectivity index (χ4v) is 2.76. The summed E-state index contributed by atoms with van der Waals surface area (Å²) in [6.45, 7) is 4.09. The van der Waals surface area contributed by atoms with Gasteiger partial charge in [-0.15, -0.1) is 0 Å². The zero-order valence-electron chi connectivity index (χ0n) is 12.3. The largest absolute Gasteiger partial charge is 0.336 e. The second-order valence-corrected chi connectivity index (χ2v) is 5.31. The van der Waals surface area contributed by atoms with Crippen molar-refractivity contribution < 1.29 is 4.79 Å². The Morgan fingerprint density at radius 1 is 1.43 bits per heavy atom. The summed E-state index contributed by atoms with van der Waals surface area (Å²) in [7, 11) is 1.95. The standard InChI is InChI=1S/C14H20N6O/c1-11(20-7-3-4-17-20)14(21)19-9-5-15-10-12(19)13-16-6-8-18(13)2/h3-4,6-8,11-12,15H,5,9-10H2,1-2H3. The molecule has 1 aliphatic heterocycles. The van der Waals surface area contributed by atoms with E-state index in [4.69, 9.17) is 0 Å². The molecule has 0 aromatic carbocycles. The lowest BCUT2D eigenvalue weighted by molar-refractivity contribution is -0.138. The fraction of sp³-hybridized carbons (Fsp3) is 0.500. The van der Waals surface area contributed by atoms with E-state index in [1.165, 1.54) is 0 Å². The van der Waals surface area contributed by atoms with Crippen LogP contribution in [0.15, 0.2) is 30.9 Å². The zero-order valence-corrected chi connectivity index (χ0v) is 12.3.